The Bertz CT molecular complexity index is 1280. The summed E-state index contributed by atoms with van der Waals surface area (Å²) in [5.74, 6) is 0.589. The van der Waals surface area contributed by atoms with Gasteiger partial charge in [0.2, 0.25) is 0 Å². The average molecular weight is 395 g/mol. The van der Waals surface area contributed by atoms with Gasteiger partial charge in [0.25, 0.3) is 0 Å². The summed E-state index contributed by atoms with van der Waals surface area (Å²) in [6.45, 7) is 0. The van der Waals surface area contributed by atoms with E-state index in [9.17, 15) is 4.79 Å². The van der Waals surface area contributed by atoms with Crippen LogP contribution in [0.5, 0.6) is 0 Å². The number of thiophene rings is 1. The zero-order chi connectivity index (χ0) is 19.6. The molecule has 29 heavy (non-hydrogen) atoms. The lowest BCUT2D eigenvalue weighted by molar-refractivity contribution is 0.620. The van der Waals surface area contributed by atoms with E-state index >= 15 is 0 Å². The van der Waals surface area contributed by atoms with Crippen molar-refractivity contribution < 1.29 is 4.42 Å². The van der Waals surface area contributed by atoms with Crippen molar-refractivity contribution in [1.82, 2.24) is 0 Å². The van der Waals surface area contributed by atoms with E-state index in [0.717, 1.165) is 21.3 Å². The van der Waals surface area contributed by atoms with E-state index in [1.54, 1.807) is 23.5 Å². The molecule has 0 bridgehead atoms. The van der Waals surface area contributed by atoms with Gasteiger partial charge in [0.1, 0.15) is 16.3 Å². The second-order valence-corrected chi connectivity index (χ2v) is 7.68. The highest BCUT2D eigenvalue weighted by Gasteiger charge is 2.16. The molecule has 0 saturated carbocycles. The molecule has 0 saturated heterocycles. The SMILES string of the molecule is O=c1cc(-c2ccc(N(c3ccccc3)c3ccccc3)s2)oc2ccccc12. The van der Waals surface area contributed by atoms with Gasteiger partial charge >= 0.3 is 0 Å². The number of benzene rings is 3. The minimum Gasteiger partial charge on any atom is -0.455 e. The first kappa shape index (κ1) is 17.5. The summed E-state index contributed by atoms with van der Waals surface area (Å²) < 4.78 is 6.03. The van der Waals surface area contributed by atoms with Crippen molar-refractivity contribution in [3.05, 3.63) is 113 Å². The van der Waals surface area contributed by atoms with Crippen molar-refractivity contribution in [3.63, 3.8) is 0 Å². The minimum absolute atomic E-state index is 0.0280. The smallest absolute Gasteiger partial charge is 0.193 e. The molecule has 0 unspecified atom stereocenters. The molecule has 0 radical (unpaired) electrons. The van der Waals surface area contributed by atoms with Gasteiger partial charge in [-0.25, -0.2) is 0 Å². The fourth-order valence-electron chi connectivity index (χ4n) is 3.36. The number of fused-ring (bicyclic) bond motifs is 1. The van der Waals surface area contributed by atoms with Crippen LogP contribution in [0.4, 0.5) is 16.4 Å². The lowest BCUT2D eigenvalue weighted by atomic mass is 10.2. The molecular formula is C25H17NO2S. The molecule has 0 atom stereocenters. The standard InChI is InChI=1S/C25H17NO2S/c27-21-17-23(28-22-14-8-7-13-20(21)22)24-15-16-25(29-24)26(18-9-3-1-4-10-18)19-11-5-2-6-12-19/h1-17H. The molecule has 3 nitrogen and oxygen atoms in total. The molecule has 0 aliphatic heterocycles. The fourth-order valence-corrected chi connectivity index (χ4v) is 4.36. The average Bonchev–Trinajstić information content (AvgIpc) is 3.25. The third-order valence-electron chi connectivity index (χ3n) is 4.72. The number of para-hydroxylation sites is 3. The highest BCUT2D eigenvalue weighted by Crippen LogP contribution is 2.41. The third-order valence-corrected chi connectivity index (χ3v) is 5.80. The van der Waals surface area contributed by atoms with Gasteiger partial charge in [-0.15, -0.1) is 11.3 Å². The van der Waals surface area contributed by atoms with Crippen LogP contribution in [0.25, 0.3) is 21.6 Å². The van der Waals surface area contributed by atoms with Crippen molar-refractivity contribution in [3.8, 4) is 10.6 Å². The summed E-state index contributed by atoms with van der Waals surface area (Å²) in [7, 11) is 0. The molecule has 0 aliphatic carbocycles. The first-order chi connectivity index (χ1) is 14.3. The van der Waals surface area contributed by atoms with Crippen LogP contribution < -0.4 is 10.3 Å². The van der Waals surface area contributed by atoms with Gasteiger partial charge in [-0.1, -0.05) is 48.5 Å². The molecule has 0 spiro atoms. The van der Waals surface area contributed by atoms with Crippen molar-refractivity contribution in [1.29, 1.82) is 0 Å². The maximum Gasteiger partial charge on any atom is 0.193 e. The highest BCUT2D eigenvalue weighted by atomic mass is 32.1. The molecule has 0 fully saturated rings. The molecular weight excluding hydrogens is 378 g/mol. The zero-order valence-electron chi connectivity index (χ0n) is 15.5. The van der Waals surface area contributed by atoms with E-state index in [1.165, 1.54) is 0 Å². The van der Waals surface area contributed by atoms with E-state index in [1.807, 2.05) is 60.7 Å². The summed E-state index contributed by atoms with van der Waals surface area (Å²) in [5, 5.41) is 1.65. The normalized spacial score (nSPS) is 10.9. The predicted octanol–water partition coefficient (Wildman–Crippen LogP) is 6.99. The first-order valence-electron chi connectivity index (χ1n) is 9.33. The van der Waals surface area contributed by atoms with Gasteiger partial charge in [-0.3, -0.25) is 4.79 Å². The highest BCUT2D eigenvalue weighted by molar-refractivity contribution is 7.19. The molecule has 5 aromatic rings. The maximum atomic E-state index is 12.5. The Morgan fingerprint density at radius 3 is 2.00 bits per heavy atom. The monoisotopic (exact) mass is 395 g/mol. The van der Waals surface area contributed by atoms with Gasteiger partial charge in [0, 0.05) is 17.4 Å². The molecule has 2 heterocycles. The lowest BCUT2D eigenvalue weighted by Gasteiger charge is -2.23. The van der Waals surface area contributed by atoms with Gasteiger partial charge in [0.05, 0.1) is 10.3 Å². The first-order valence-corrected chi connectivity index (χ1v) is 10.1. The van der Waals surface area contributed by atoms with Crippen LogP contribution in [0.2, 0.25) is 0 Å². The van der Waals surface area contributed by atoms with Crippen molar-refractivity contribution in [2.75, 3.05) is 4.90 Å². The summed E-state index contributed by atoms with van der Waals surface area (Å²) in [6, 6.07) is 33.5. The van der Waals surface area contributed by atoms with Crippen molar-refractivity contribution in [2.24, 2.45) is 0 Å². The molecule has 2 aromatic heterocycles. The molecule has 5 rings (SSSR count). The Morgan fingerprint density at radius 1 is 0.690 bits per heavy atom. The topological polar surface area (TPSA) is 33.5 Å². The van der Waals surface area contributed by atoms with Gasteiger partial charge in [-0.05, 0) is 48.5 Å². The van der Waals surface area contributed by atoms with E-state index < -0.39 is 0 Å². The van der Waals surface area contributed by atoms with E-state index in [2.05, 4.69) is 35.2 Å². The summed E-state index contributed by atoms with van der Waals surface area (Å²) in [5.41, 5.74) is 2.73. The second-order valence-electron chi connectivity index (χ2n) is 6.62. The second kappa shape index (κ2) is 7.41. The number of anilines is 3. The zero-order valence-corrected chi connectivity index (χ0v) is 16.3. The largest absolute Gasteiger partial charge is 0.455 e. The molecule has 140 valence electrons. The number of hydrogen-bond acceptors (Lipinski definition) is 4. The minimum atomic E-state index is -0.0280. The van der Waals surface area contributed by atoms with Crippen LogP contribution in [-0.2, 0) is 0 Å². The number of nitrogens with zero attached hydrogens (tertiary/aromatic N) is 1. The molecule has 0 aliphatic rings. The van der Waals surface area contributed by atoms with Crippen molar-refractivity contribution >= 4 is 38.7 Å². The Kier molecular flexibility index (Phi) is 4.47. The summed E-state index contributed by atoms with van der Waals surface area (Å²) in [4.78, 5) is 15.6. The van der Waals surface area contributed by atoms with Crippen LogP contribution in [-0.4, -0.2) is 0 Å². The molecule has 0 N–H and O–H groups in total. The Labute approximate surface area is 172 Å². The number of hydrogen-bond donors (Lipinski definition) is 0. The number of rotatable bonds is 4. The molecule has 4 heteroatoms. The molecule has 3 aromatic carbocycles. The van der Waals surface area contributed by atoms with Gasteiger partial charge < -0.3 is 9.32 Å². The Balaban J connectivity index is 1.62. The van der Waals surface area contributed by atoms with Crippen LogP contribution in [0.1, 0.15) is 0 Å². The third kappa shape index (κ3) is 3.35. The summed E-state index contributed by atoms with van der Waals surface area (Å²) in [6.07, 6.45) is 0. The van der Waals surface area contributed by atoms with Crippen LogP contribution in [0.15, 0.2) is 112 Å². The quantitative estimate of drug-likeness (QED) is 0.329. The Hall–Kier alpha value is -3.63. The van der Waals surface area contributed by atoms with E-state index in [-0.39, 0.29) is 5.43 Å². The van der Waals surface area contributed by atoms with Crippen LogP contribution >= 0.6 is 11.3 Å². The van der Waals surface area contributed by atoms with Gasteiger partial charge in [0.15, 0.2) is 5.43 Å². The predicted molar refractivity (Wildman–Crippen MR) is 120 cm³/mol. The van der Waals surface area contributed by atoms with Gasteiger partial charge in [-0.2, -0.15) is 0 Å². The van der Waals surface area contributed by atoms with E-state index in [4.69, 9.17) is 4.42 Å². The van der Waals surface area contributed by atoms with E-state index in [0.29, 0.717) is 16.7 Å². The lowest BCUT2D eigenvalue weighted by Crippen LogP contribution is -2.07. The molecule has 0 amide bonds. The van der Waals surface area contributed by atoms with Crippen LogP contribution in [0.3, 0.4) is 0 Å². The summed E-state index contributed by atoms with van der Waals surface area (Å²) >= 11 is 1.59. The Morgan fingerprint density at radius 2 is 1.31 bits per heavy atom. The van der Waals surface area contributed by atoms with Crippen molar-refractivity contribution in [2.45, 2.75) is 0 Å². The fraction of sp³-hybridized carbons (Fsp3) is 0. The maximum absolute atomic E-state index is 12.5. The van der Waals surface area contributed by atoms with Crippen LogP contribution in [0, 0.1) is 0 Å².